The number of rotatable bonds is 2. The molecular weight excluding hydrogens is 254 g/mol. The zero-order valence-electron chi connectivity index (χ0n) is 8.99. The topological polar surface area (TPSA) is 76.6 Å². The summed E-state index contributed by atoms with van der Waals surface area (Å²) in [4.78, 5) is 28.4. The zero-order chi connectivity index (χ0) is 12.5. The second kappa shape index (κ2) is 4.11. The summed E-state index contributed by atoms with van der Waals surface area (Å²) >= 11 is 1.35. The third-order valence-corrected chi connectivity index (χ3v) is 3.11. The smallest absolute Gasteiger partial charge is 0.291 e. The standard InChI is InChI=1S/C11H7N3O3S/c15-9(8-2-1-4-17-8)13-7-6-12-11-14(10(7)16)3-5-18-11/h1-6H,(H,13,15). The first-order chi connectivity index (χ1) is 8.75. The lowest BCUT2D eigenvalue weighted by molar-refractivity contribution is 0.0996. The summed E-state index contributed by atoms with van der Waals surface area (Å²) < 4.78 is 6.32. The maximum Gasteiger partial charge on any atom is 0.291 e. The van der Waals surface area contributed by atoms with Crippen LogP contribution in [0.2, 0.25) is 0 Å². The minimum absolute atomic E-state index is 0.118. The maximum absolute atomic E-state index is 12.0. The number of aromatic nitrogens is 2. The van der Waals surface area contributed by atoms with Gasteiger partial charge in [-0.3, -0.25) is 14.0 Å². The van der Waals surface area contributed by atoms with Crippen molar-refractivity contribution in [1.29, 1.82) is 0 Å². The molecule has 0 bridgehead atoms. The Labute approximate surface area is 105 Å². The van der Waals surface area contributed by atoms with E-state index < -0.39 is 5.91 Å². The summed E-state index contributed by atoms with van der Waals surface area (Å²) in [6.45, 7) is 0. The molecule has 6 nitrogen and oxygen atoms in total. The van der Waals surface area contributed by atoms with Crippen LogP contribution in [0.5, 0.6) is 0 Å². The molecule has 3 aromatic rings. The van der Waals surface area contributed by atoms with Crippen LogP contribution in [0.25, 0.3) is 4.96 Å². The minimum Gasteiger partial charge on any atom is -0.459 e. The van der Waals surface area contributed by atoms with Crippen molar-refractivity contribution in [3.8, 4) is 0 Å². The highest BCUT2D eigenvalue weighted by molar-refractivity contribution is 7.15. The summed E-state index contributed by atoms with van der Waals surface area (Å²) in [6.07, 6.45) is 4.34. The summed E-state index contributed by atoms with van der Waals surface area (Å²) in [7, 11) is 0. The molecule has 0 radical (unpaired) electrons. The van der Waals surface area contributed by atoms with Crippen LogP contribution >= 0.6 is 11.3 Å². The quantitative estimate of drug-likeness (QED) is 0.760. The summed E-state index contributed by atoms with van der Waals surface area (Å²) in [6, 6.07) is 3.12. The van der Waals surface area contributed by atoms with Gasteiger partial charge < -0.3 is 9.73 Å². The van der Waals surface area contributed by atoms with E-state index in [4.69, 9.17) is 4.42 Å². The van der Waals surface area contributed by atoms with E-state index in [1.165, 1.54) is 34.3 Å². The molecule has 0 saturated heterocycles. The molecule has 0 spiro atoms. The van der Waals surface area contributed by atoms with E-state index in [-0.39, 0.29) is 17.0 Å². The molecule has 0 unspecified atom stereocenters. The Bertz CT molecular complexity index is 757. The molecule has 3 rings (SSSR count). The number of nitrogens with zero attached hydrogens (tertiary/aromatic N) is 2. The van der Waals surface area contributed by atoms with E-state index in [1.807, 2.05) is 0 Å². The van der Waals surface area contributed by atoms with Gasteiger partial charge in [-0.1, -0.05) is 0 Å². The third kappa shape index (κ3) is 1.70. The van der Waals surface area contributed by atoms with Gasteiger partial charge in [-0.2, -0.15) is 0 Å². The van der Waals surface area contributed by atoms with Gasteiger partial charge in [0.15, 0.2) is 10.7 Å². The van der Waals surface area contributed by atoms with E-state index in [9.17, 15) is 9.59 Å². The van der Waals surface area contributed by atoms with E-state index in [1.54, 1.807) is 17.6 Å². The molecule has 18 heavy (non-hydrogen) atoms. The van der Waals surface area contributed by atoms with Crippen molar-refractivity contribution in [3.63, 3.8) is 0 Å². The fourth-order valence-electron chi connectivity index (χ4n) is 1.50. The number of carbonyl (C=O) groups is 1. The maximum atomic E-state index is 12.0. The van der Waals surface area contributed by atoms with Crippen LogP contribution in [0.4, 0.5) is 5.69 Å². The number of carbonyl (C=O) groups excluding carboxylic acids is 1. The fraction of sp³-hybridized carbons (Fsp3) is 0. The summed E-state index contributed by atoms with van der Waals surface area (Å²) in [5, 5.41) is 4.22. The molecule has 7 heteroatoms. The van der Waals surface area contributed by atoms with Crippen molar-refractivity contribution in [2.24, 2.45) is 0 Å². The molecule has 90 valence electrons. The number of hydrogen-bond donors (Lipinski definition) is 1. The Kier molecular flexibility index (Phi) is 2.45. The highest BCUT2D eigenvalue weighted by Gasteiger charge is 2.12. The molecule has 3 heterocycles. The predicted octanol–water partition coefficient (Wildman–Crippen LogP) is 1.60. The number of amides is 1. The van der Waals surface area contributed by atoms with E-state index in [2.05, 4.69) is 10.3 Å². The van der Waals surface area contributed by atoms with E-state index in [0.717, 1.165) is 0 Å². The first-order valence-corrected chi connectivity index (χ1v) is 5.93. The van der Waals surface area contributed by atoms with Gasteiger partial charge in [-0.25, -0.2) is 4.98 Å². The first-order valence-electron chi connectivity index (χ1n) is 5.05. The van der Waals surface area contributed by atoms with Crippen molar-refractivity contribution in [3.05, 3.63) is 52.3 Å². The molecule has 0 aromatic carbocycles. The van der Waals surface area contributed by atoms with Crippen molar-refractivity contribution in [1.82, 2.24) is 9.38 Å². The molecule has 0 fully saturated rings. The molecule has 0 aliphatic carbocycles. The Hall–Kier alpha value is -2.41. The fourth-order valence-corrected chi connectivity index (χ4v) is 2.18. The van der Waals surface area contributed by atoms with Gasteiger partial charge in [-0.05, 0) is 12.1 Å². The van der Waals surface area contributed by atoms with Gasteiger partial charge >= 0.3 is 0 Å². The minimum atomic E-state index is -0.478. The molecular formula is C11H7N3O3S. The first kappa shape index (κ1) is 10.7. The molecule has 3 aromatic heterocycles. The van der Waals surface area contributed by atoms with Crippen LogP contribution in [0.1, 0.15) is 10.6 Å². The molecule has 0 aliphatic heterocycles. The van der Waals surface area contributed by atoms with Gasteiger partial charge in [0.1, 0.15) is 5.69 Å². The van der Waals surface area contributed by atoms with E-state index in [0.29, 0.717) is 4.96 Å². The molecule has 1 N–H and O–H groups in total. The second-order valence-corrected chi connectivity index (χ2v) is 4.34. The van der Waals surface area contributed by atoms with Crippen LogP contribution in [0.15, 0.2) is 45.4 Å². The van der Waals surface area contributed by atoms with Gasteiger partial charge in [0.25, 0.3) is 11.5 Å². The number of fused-ring (bicyclic) bond motifs is 1. The van der Waals surface area contributed by atoms with E-state index >= 15 is 0 Å². The van der Waals surface area contributed by atoms with Crippen molar-refractivity contribution < 1.29 is 9.21 Å². The Balaban J connectivity index is 1.98. The lowest BCUT2D eigenvalue weighted by atomic mass is 10.4. The van der Waals surface area contributed by atoms with Crippen LogP contribution < -0.4 is 10.9 Å². The summed E-state index contributed by atoms with van der Waals surface area (Å²) in [5.41, 5.74) is -0.201. The van der Waals surface area contributed by atoms with Gasteiger partial charge in [-0.15, -0.1) is 11.3 Å². The highest BCUT2D eigenvalue weighted by Crippen LogP contribution is 2.09. The van der Waals surface area contributed by atoms with Crippen molar-refractivity contribution in [2.75, 3.05) is 5.32 Å². The van der Waals surface area contributed by atoms with Crippen LogP contribution in [-0.4, -0.2) is 15.3 Å². The number of hydrogen-bond acceptors (Lipinski definition) is 5. The average molecular weight is 261 g/mol. The lowest BCUT2D eigenvalue weighted by Gasteiger charge is -2.01. The molecule has 0 saturated carbocycles. The largest absolute Gasteiger partial charge is 0.459 e. The second-order valence-electron chi connectivity index (χ2n) is 3.46. The SMILES string of the molecule is O=C(Nc1cnc2sccn2c1=O)c1ccco1. The number of thiazole rings is 1. The lowest BCUT2D eigenvalue weighted by Crippen LogP contribution is -2.22. The molecule has 0 atom stereocenters. The Morgan fingerprint density at radius 2 is 2.39 bits per heavy atom. The highest BCUT2D eigenvalue weighted by atomic mass is 32.1. The third-order valence-electron chi connectivity index (χ3n) is 2.34. The Morgan fingerprint density at radius 1 is 1.50 bits per heavy atom. The normalized spacial score (nSPS) is 10.7. The van der Waals surface area contributed by atoms with Gasteiger partial charge in [0.2, 0.25) is 0 Å². The number of nitrogens with one attached hydrogen (secondary N) is 1. The van der Waals surface area contributed by atoms with Gasteiger partial charge in [0.05, 0.1) is 12.5 Å². The monoisotopic (exact) mass is 261 g/mol. The number of furan rings is 1. The van der Waals surface area contributed by atoms with Crippen LogP contribution in [0.3, 0.4) is 0 Å². The van der Waals surface area contributed by atoms with Crippen molar-refractivity contribution >= 4 is 27.9 Å². The van der Waals surface area contributed by atoms with Gasteiger partial charge in [0, 0.05) is 11.6 Å². The zero-order valence-corrected chi connectivity index (χ0v) is 9.81. The van der Waals surface area contributed by atoms with Crippen LogP contribution in [-0.2, 0) is 0 Å². The van der Waals surface area contributed by atoms with Crippen molar-refractivity contribution in [2.45, 2.75) is 0 Å². The van der Waals surface area contributed by atoms with Crippen LogP contribution in [0, 0.1) is 0 Å². The predicted molar refractivity (Wildman–Crippen MR) is 66.0 cm³/mol. The number of anilines is 1. The molecule has 0 aliphatic rings. The molecule has 1 amide bonds. The Morgan fingerprint density at radius 3 is 3.17 bits per heavy atom. The summed E-state index contributed by atoms with van der Waals surface area (Å²) in [5.74, 6) is -0.334. The average Bonchev–Trinajstić information content (AvgIpc) is 3.02.